The van der Waals surface area contributed by atoms with E-state index in [4.69, 9.17) is 21.1 Å². The van der Waals surface area contributed by atoms with E-state index in [0.29, 0.717) is 18.0 Å². The molecular weight excluding hydrogens is 538 g/mol. The lowest BCUT2D eigenvalue weighted by atomic mass is 9.82. The molecule has 0 aliphatic carbocycles. The number of carbonyl (C=O) groups excluding carboxylic acids is 1. The van der Waals surface area contributed by atoms with Crippen molar-refractivity contribution < 1.29 is 19.4 Å². The van der Waals surface area contributed by atoms with Gasteiger partial charge in [0.1, 0.15) is 5.75 Å². The van der Waals surface area contributed by atoms with Gasteiger partial charge in [0.05, 0.1) is 27.0 Å². The first-order chi connectivity index (χ1) is 19.0. The quantitative estimate of drug-likeness (QED) is 0.243. The monoisotopic (exact) mass is 581 g/mol. The second-order valence-corrected chi connectivity index (χ2v) is 17.2. The van der Waals surface area contributed by atoms with Gasteiger partial charge in [0.25, 0.3) is 5.91 Å². The molecule has 2 aliphatic rings. The van der Waals surface area contributed by atoms with Gasteiger partial charge in [-0.15, -0.1) is 0 Å². The number of halogens is 1. The molecule has 0 aromatic heterocycles. The van der Waals surface area contributed by atoms with Gasteiger partial charge in [-0.1, -0.05) is 72.2 Å². The van der Waals surface area contributed by atoms with Crippen molar-refractivity contribution in [3.63, 3.8) is 0 Å². The van der Waals surface area contributed by atoms with Crippen LogP contribution in [0.15, 0.2) is 65.8 Å². The molecule has 2 heterocycles. The van der Waals surface area contributed by atoms with Gasteiger partial charge in [-0.05, 0) is 75.9 Å². The number of methoxy groups -OCH3 is 1. The van der Waals surface area contributed by atoms with Crippen LogP contribution in [0.25, 0.3) is 0 Å². The largest absolute Gasteiger partial charge is 0.497 e. The normalized spacial score (nSPS) is 24.5. The lowest BCUT2D eigenvalue weighted by Gasteiger charge is -2.37. The van der Waals surface area contributed by atoms with E-state index < -0.39 is 13.7 Å². The Balaban J connectivity index is 1.73. The van der Waals surface area contributed by atoms with Crippen molar-refractivity contribution in [1.82, 2.24) is 0 Å². The Kier molecular flexibility index (Phi) is 9.35. The maximum atomic E-state index is 14.5. The first kappa shape index (κ1) is 30.6. The maximum Gasteiger partial charge on any atom is 0.264 e. The van der Waals surface area contributed by atoms with Crippen LogP contribution in [0.1, 0.15) is 52.5 Å². The summed E-state index contributed by atoms with van der Waals surface area (Å²) in [5, 5.41) is 11.9. The third kappa shape index (κ3) is 5.56. The zero-order valence-corrected chi connectivity index (χ0v) is 26.7. The highest BCUT2D eigenvalue weighted by Crippen LogP contribution is 2.60. The van der Waals surface area contributed by atoms with Crippen molar-refractivity contribution in [2.75, 3.05) is 25.2 Å². The summed E-state index contributed by atoms with van der Waals surface area (Å²) in [6.45, 7) is 13.7. The van der Waals surface area contributed by atoms with Gasteiger partial charge in [-0.2, -0.15) is 0 Å². The highest BCUT2D eigenvalue weighted by Gasteiger charge is 2.66. The Bertz CT molecular complexity index is 1280. The number of rotatable bonds is 10. The fourth-order valence-corrected chi connectivity index (χ4v) is 11.0. The number of benzene rings is 2. The molecule has 2 aliphatic heterocycles. The average molecular weight is 582 g/mol. The van der Waals surface area contributed by atoms with Crippen molar-refractivity contribution in [3.8, 4) is 5.75 Å². The highest BCUT2D eigenvalue weighted by atomic mass is 35.5. The van der Waals surface area contributed by atoms with E-state index in [1.807, 2.05) is 35.2 Å². The third-order valence-electron chi connectivity index (χ3n) is 8.92. The molecule has 0 unspecified atom stereocenters. The zero-order chi connectivity index (χ0) is 29.2. The van der Waals surface area contributed by atoms with Gasteiger partial charge in [-0.3, -0.25) is 4.79 Å². The number of hydrogen-bond acceptors (Lipinski definition) is 4. The van der Waals surface area contributed by atoms with Crippen molar-refractivity contribution in [2.45, 2.75) is 77.3 Å². The van der Waals surface area contributed by atoms with Crippen LogP contribution in [0.4, 0.5) is 5.69 Å². The molecule has 0 radical (unpaired) electrons. The summed E-state index contributed by atoms with van der Waals surface area (Å²) in [4.78, 5) is 16.4. The molecule has 1 fully saturated rings. The Hall–Kier alpha value is -2.38. The molecule has 0 saturated carbocycles. The van der Waals surface area contributed by atoms with E-state index in [2.05, 4.69) is 65.1 Å². The molecule has 216 valence electrons. The molecule has 7 heteroatoms. The predicted molar refractivity (Wildman–Crippen MR) is 168 cm³/mol. The van der Waals surface area contributed by atoms with Crippen LogP contribution in [0, 0.1) is 5.92 Å². The second kappa shape index (κ2) is 12.2. The van der Waals surface area contributed by atoms with Gasteiger partial charge in [-0.25, -0.2) is 0 Å². The van der Waals surface area contributed by atoms with Crippen LogP contribution in [0.3, 0.4) is 0 Å². The first-order valence-corrected chi connectivity index (χ1v) is 17.8. The van der Waals surface area contributed by atoms with Crippen LogP contribution >= 0.6 is 11.6 Å². The van der Waals surface area contributed by atoms with Gasteiger partial charge in [0.2, 0.25) is 0 Å². The Labute approximate surface area is 245 Å². The number of ether oxygens (including phenoxy) is 2. The average Bonchev–Trinajstić information content (AvgIpc) is 3.33. The molecule has 1 spiro atoms. The molecule has 1 N–H and O–H groups in total. The van der Waals surface area contributed by atoms with Crippen LogP contribution in [-0.2, 0) is 15.1 Å². The van der Waals surface area contributed by atoms with Crippen LogP contribution in [-0.4, -0.2) is 45.5 Å². The van der Waals surface area contributed by atoms with Crippen LogP contribution in [0.2, 0.25) is 23.7 Å². The van der Waals surface area contributed by atoms with Gasteiger partial charge in [0.15, 0.2) is 5.60 Å². The Morgan fingerprint density at radius 3 is 2.48 bits per heavy atom. The molecule has 4 rings (SSSR count). The van der Waals surface area contributed by atoms with Gasteiger partial charge < -0.3 is 19.5 Å². The highest BCUT2D eigenvalue weighted by molar-refractivity contribution is 6.91. The van der Waals surface area contributed by atoms with E-state index in [1.165, 1.54) is 16.3 Å². The summed E-state index contributed by atoms with van der Waals surface area (Å²) in [6, 6.07) is 14.0. The summed E-state index contributed by atoms with van der Waals surface area (Å²) in [7, 11) is -0.527. The standard InChI is InChI=1S/C33H44ClNO4Si/c1-22(2)9-8-10-23(3)17-19-35-29-16-11-25(34)21-28(29)33(32(35)37)24(4)31(30(39-33)18-20-36)40(6,7)27-14-12-26(38-5)13-15-27/h9,11-17,21,24,30-31,36H,8,10,18-20H2,1-7H3/b23-17+/t24-,30+,31-,33+/m1/s1. The molecular formula is C33H44ClNO4Si. The SMILES string of the molecule is COc1ccc([Si](C)(C)[C@H]2[C@H](CCO)O[C@@]3(C(=O)N(C/C=C(\C)CCC=C(C)C)c4ccc(Cl)cc43)[C@@H]2C)cc1. The summed E-state index contributed by atoms with van der Waals surface area (Å²) in [5.41, 5.74) is 3.25. The van der Waals surface area contributed by atoms with Gasteiger partial charge in [0, 0.05) is 29.7 Å². The number of aliphatic hydroxyl groups is 1. The fraction of sp³-hybridized carbons (Fsp3) is 0.485. The van der Waals surface area contributed by atoms with Crippen LogP contribution < -0.4 is 14.8 Å². The number of nitrogens with zero attached hydrogens (tertiary/aromatic N) is 1. The third-order valence-corrected chi connectivity index (χ3v) is 13.5. The number of aliphatic hydroxyl groups excluding tert-OH is 1. The smallest absolute Gasteiger partial charge is 0.264 e. The topological polar surface area (TPSA) is 59.0 Å². The minimum absolute atomic E-state index is 0.00494. The minimum atomic E-state index is -2.20. The molecule has 2 aromatic rings. The lowest BCUT2D eigenvalue weighted by Crippen LogP contribution is -2.51. The number of amides is 1. The zero-order valence-electron chi connectivity index (χ0n) is 25.0. The molecule has 1 saturated heterocycles. The molecule has 40 heavy (non-hydrogen) atoms. The van der Waals surface area contributed by atoms with Crippen LogP contribution in [0.5, 0.6) is 5.75 Å². The summed E-state index contributed by atoms with van der Waals surface area (Å²) >= 11 is 6.54. The summed E-state index contributed by atoms with van der Waals surface area (Å²) in [5.74, 6) is 0.683. The van der Waals surface area contributed by atoms with Gasteiger partial charge >= 0.3 is 0 Å². The number of carbonyl (C=O) groups is 1. The molecule has 2 aromatic carbocycles. The summed E-state index contributed by atoms with van der Waals surface area (Å²) in [6.07, 6.45) is 6.59. The number of anilines is 1. The van der Waals surface area contributed by atoms with Crippen molar-refractivity contribution in [3.05, 3.63) is 76.3 Å². The second-order valence-electron chi connectivity index (χ2n) is 12.1. The molecule has 1 amide bonds. The number of hydrogen-bond donors (Lipinski definition) is 1. The minimum Gasteiger partial charge on any atom is -0.497 e. The first-order valence-electron chi connectivity index (χ1n) is 14.3. The van der Waals surface area contributed by atoms with Crippen molar-refractivity contribution >= 4 is 36.5 Å². The number of fused-ring (bicyclic) bond motifs is 2. The van der Waals surface area contributed by atoms with E-state index in [-0.39, 0.29) is 30.1 Å². The molecule has 0 bridgehead atoms. The van der Waals surface area contributed by atoms with E-state index in [1.54, 1.807) is 7.11 Å². The lowest BCUT2D eigenvalue weighted by molar-refractivity contribution is -0.146. The maximum absolute atomic E-state index is 14.5. The number of allylic oxidation sites excluding steroid dienone is 3. The van der Waals surface area contributed by atoms with Crippen molar-refractivity contribution in [1.29, 1.82) is 0 Å². The Morgan fingerprint density at radius 1 is 1.15 bits per heavy atom. The Morgan fingerprint density at radius 2 is 1.85 bits per heavy atom. The fourth-order valence-electron chi connectivity index (χ4n) is 6.80. The molecule has 5 nitrogen and oxygen atoms in total. The van der Waals surface area contributed by atoms with E-state index >= 15 is 0 Å². The summed E-state index contributed by atoms with van der Waals surface area (Å²) < 4.78 is 12.3. The molecule has 4 atom stereocenters. The van der Waals surface area contributed by atoms with E-state index in [0.717, 1.165) is 29.8 Å². The van der Waals surface area contributed by atoms with Crippen molar-refractivity contribution in [2.24, 2.45) is 5.92 Å². The predicted octanol–water partition coefficient (Wildman–Crippen LogP) is 6.99. The van der Waals surface area contributed by atoms with E-state index in [9.17, 15) is 9.90 Å².